The van der Waals surface area contributed by atoms with Crippen molar-refractivity contribution in [1.82, 2.24) is 10.2 Å². The number of rotatable bonds is 6. The third kappa shape index (κ3) is 2.77. The zero-order valence-electron chi connectivity index (χ0n) is 11.7. The fraction of sp³-hybridized carbons (Fsp3) is 0.385. The number of aromatic amines is 1. The van der Waals surface area contributed by atoms with Crippen LogP contribution in [0.25, 0.3) is 0 Å². The van der Waals surface area contributed by atoms with Crippen molar-refractivity contribution in [3.8, 4) is 5.75 Å². The summed E-state index contributed by atoms with van der Waals surface area (Å²) in [5, 5.41) is 10.6. The summed E-state index contributed by atoms with van der Waals surface area (Å²) in [5.41, 5.74) is 7.43. The molecule has 108 valence electrons. The molecule has 0 bridgehead atoms. The van der Waals surface area contributed by atoms with E-state index in [0.717, 1.165) is 10.6 Å². The molecular weight excluding hydrogens is 276 g/mol. The topological polar surface area (TPSA) is 93.0 Å². The van der Waals surface area contributed by atoms with E-state index in [4.69, 9.17) is 10.5 Å². The van der Waals surface area contributed by atoms with Gasteiger partial charge in [-0.05, 0) is 0 Å². The first kappa shape index (κ1) is 14.4. The minimum absolute atomic E-state index is 0.0298. The number of methoxy groups -OCH3 is 1. The first-order valence-corrected chi connectivity index (χ1v) is 7.08. The van der Waals surface area contributed by atoms with Crippen LogP contribution in [0.4, 0.5) is 10.7 Å². The molecule has 0 aliphatic heterocycles. The fourth-order valence-electron chi connectivity index (χ4n) is 1.75. The third-order valence-electron chi connectivity index (χ3n) is 2.86. The maximum atomic E-state index is 12.1. The highest BCUT2D eigenvalue weighted by Crippen LogP contribution is 2.43. The summed E-state index contributed by atoms with van der Waals surface area (Å²) in [5.74, 6) is 0.465. The van der Waals surface area contributed by atoms with Crippen molar-refractivity contribution in [3.05, 3.63) is 22.8 Å². The van der Waals surface area contributed by atoms with E-state index in [2.05, 4.69) is 15.5 Å². The smallest absolute Gasteiger partial charge is 0.177 e. The van der Waals surface area contributed by atoms with Crippen LogP contribution in [-0.2, 0) is 6.54 Å². The normalized spacial score (nSPS) is 10.8. The Morgan fingerprint density at radius 1 is 1.60 bits per heavy atom. The molecule has 2 aromatic heterocycles. The molecule has 4 N–H and O–H groups in total. The van der Waals surface area contributed by atoms with Gasteiger partial charge in [0.2, 0.25) is 0 Å². The quantitative estimate of drug-likeness (QED) is 0.712. The summed E-state index contributed by atoms with van der Waals surface area (Å²) in [6.07, 6.45) is 3.53. The number of aromatic nitrogens is 2. The van der Waals surface area contributed by atoms with Crippen LogP contribution in [0.2, 0.25) is 0 Å². The van der Waals surface area contributed by atoms with E-state index in [1.54, 1.807) is 19.5 Å². The van der Waals surface area contributed by atoms with Crippen LogP contribution in [-0.4, -0.2) is 23.1 Å². The highest BCUT2D eigenvalue weighted by Gasteiger charge is 2.23. The number of thiophene rings is 1. The van der Waals surface area contributed by atoms with Crippen molar-refractivity contribution >= 4 is 27.8 Å². The van der Waals surface area contributed by atoms with Crippen molar-refractivity contribution < 1.29 is 9.53 Å². The molecule has 0 amide bonds. The molecule has 0 saturated carbocycles. The van der Waals surface area contributed by atoms with Gasteiger partial charge in [0.25, 0.3) is 0 Å². The molecule has 0 aromatic carbocycles. The number of H-pyrrole nitrogens is 1. The number of nitrogen functional groups attached to an aromatic ring is 1. The maximum Gasteiger partial charge on any atom is 0.177 e. The highest BCUT2D eigenvalue weighted by atomic mass is 32.1. The monoisotopic (exact) mass is 294 g/mol. The van der Waals surface area contributed by atoms with Gasteiger partial charge in [-0.1, -0.05) is 13.8 Å². The summed E-state index contributed by atoms with van der Waals surface area (Å²) >= 11 is 1.33. The van der Waals surface area contributed by atoms with Crippen LogP contribution in [0.15, 0.2) is 12.4 Å². The number of nitrogens with two attached hydrogens (primary N) is 1. The third-order valence-corrected chi connectivity index (χ3v) is 4.02. The molecule has 0 atom stereocenters. The lowest BCUT2D eigenvalue weighted by Gasteiger charge is -2.05. The molecule has 0 unspecified atom stereocenters. The fourth-order valence-corrected chi connectivity index (χ4v) is 2.92. The number of carbonyl (C=O) groups excluding carboxylic acids is 1. The first-order chi connectivity index (χ1) is 9.54. The van der Waals surface area contributed by atoms with Gasteiger partial charge >= 0.3 is 0 Å². The van der Waals surface area contributed by atoms with Gasteiger partial charge in [-0.25, -0.2) is 0 Å². The van der Waals surface area contributed by atoms with Gasteiger partial charge in [0.1, 0.15) is 5.00 Å². The van der Waals surface area contributed by atoms with Crippen LogP contribution in [0.5, 0.6) is 5.75 Å². The van der Waals surface area contributed by atoms with Gasteiger partial charge < -0.3 is 15.8 Å². The van der Waals surface area contributed by atoms with E-state index in [1.807, 2.05) is 13.8 Å². The molecular formula is C13H18N4O2S. The molecule has 0 spiro atoms. The highest BCUT2D eigenvalue weighted by molar-refractivity contribution is 7.19. The zero-order chi connectivity index (χ0) is 14.7. The molecule has 2 aromatic rings. The van der Waals surface area contributed by atoms with E-state index in [0.29, 0.717) is 22.9 Å². The number of ketones is 1. The van der Waals surface area contributed by atoms with Crippen molar-refractivity contribution in [2.45, 2.75) is 20.4 Å². The number of carbonyl (C=O) groups is 1. The Hall–Kier alpha value is -2.02. The average molecular weight is 294 g/mol. The molecule has 7 heteroatoms. The minimum atomic E-state index is -0.0950. The largest absolute Gasteiger partial charge is 0.492 e. The summed E-state index contributed by atoms with van der Waals surface area (Å²) in [4.78, 5) is 12.7. The Morgan fingerprint density at radius 3 is 2.90 bits per heavy atom. The van der Waals surface area contributed by atoms with Crippen LogP contribution in [0.1, 0.15) is 29.1 Å². The molecule has 6 nitrogen and oxygen atoms in total. The molecule has 0 fully saturated rings. The van der Waals surface area contributed by atoms with E-state index >= 15 is 0 Å². The second kappa shape index (κ2) is 5.96. The van der Waals surface area contributed by atoms with Gasteiger partial charge in [0, 0.05) is 24.2 Å². The van der Waals surface area contributed by atoms with Crippen LogP contribution in [0, 0.1) is 5.92 Å². The van der Waals surface area contributed by atoms with Gasteiger partial charge in [-0.15, -0.1) is 11.3 Å². The Labute approximate surface area is 121 Å². The SMILES string of the molecule is COc1c(NCc2cn[nH]c2)sc(C(=O)C(C)C)c1N. The van der Waals surface area contributed by atoms with E-state index in [-0.39, 0.29) is 11.7 Å². The lowest BCUT2D eigenvalue weighted by Crippen LogP contribution is -2.07. The summed E-state index contributed by atoms with van der Waals surface area (Å²) in [6, 6.07) is 0. The van der Waals surface area contributed by atoms with Crippen molar-refractivity contribution in [1.29, 1.82) is 0 Å². The van der Waals surface area contributed by atoms with Crippen LogP contribution in [0.3, 0.4) is 0 Å². The molecule has 20 heavy (non-hydrogen) atoms. The molecule has 2 heterocycles. The number of hydrogen-bond donors (Lipinski definition) is 3. The van der Waals surface area contributed by atoms with Gasteiger partial charge in [0.15, 0.2) is 11.5 Å². The first-order valence-electron chi connectivity index (χ1n) is 6.26. The molecule has 0 radical (unpaired) electrons. The predicted octanol–water partition coefficient (Wildman–Crippen LogP) is 2.51. The number of ether oxygens (including phenoxy) is 1. The predicted molar refractivity (Wildman–Crippen MR) is 80.4 cm³/mol. The number of nitrogens with one attached hydrogen (secondary N) is 2. The number of Topliss-reactive ketones (excluding diaryl/α,β-unsaturated/α-hetero) is 1. The molecule has 0 aliphatic carbocycles. The van der Waals surface area contributed by atoms with Gasteiger partial charge in [-0.2, -0.15) is 5.10 Å². The Kier molecular flexibility index (Phi) is 4.29. The van der Waals surface area contributed by atoms with E-state index in [1.165, 1.54) is 11.3 Å². The second-order valence-corrected chi connectivity index (χ2v) is 5.71. The second-order valence-electron chi connectivity index (χ2n) is 4.69. The maximum absolute atomic E-state index is 12.1. The summed E-state index contributed by atoms with van der Waals surface area (Å²) in [6.45, 7) is 4.29. The zero-order valence-corrected chi connectivity index (χ0v) is 12.5. The van der Waals surface area contributed by atoms with Crippen LogP contribution >= 0.6 is 11.3 Å². The average Bonchev–Trinajstić information content (AvgIpc) is 3.03. The lowest BCUT2D eigenvalue weighted by atomic mass is 10.1. The molecule has 0 saturated heterocycles. The van der Waals surface area contributed by atoms with E-state index in [9.17, 15) is 4.79 Å². The Balaban J connectivity index is 2.24. The molecule has 0 aliphatic rings. The molecule has 2 rings (SSSR count). The standard InChI is InChI=1S/C13H18N4O2S/c1-7(2)10(18)12-9(14)11(19-3)13(20-12)15-4-8-5-16-17-6-8/h5-7,15H,4,14H2,1-3H3,(H,16,17). The van der Waals surface area contributed by atoms with Crippen molar-refractivity contribution in [2.75, 3.05) is 18.2 Å². The van der Waals surface area contributed by atoms with Crippen molar-refractivity contribution in [3.63, 3.8) is 0 Å². The van der Waals surface area contributed by atoms with Gasteiger partial charge in [-0.3, -0.25) is 9.89 Å². The van der Waals surface area contributed by atoms with Crippen molar-refractivity contribution in [2.24, 2.45) is 5.92 Å². The Bertz CT molecular complexity index is 590. The Morgan fingerprint density at radius 2 is 2.35 bits per heavy atom. The van der Waals surface area contributed by atoms with Gasteiger partial charge in [0.05, 0.1) is 23.9 Å². The lowest BCUT2D eigenvalue weighted by molar-refractivity contribution is 0.0944. The number of anilines is 2. The van der Waals surface area contributed by atoms with E-state index < -0.39 is 0 Å². The number of nitrogens with zero attached hydrogens (tertiary/aromatic N) is 1. The number of hydrogen-bond acceptors (Lipinski definition) is 6. The minimum Gasteiger partial charge on any atom is -0.492 e. The van der Waals surface area contributed by atoms with Crippen LogP contribution < -0.4 is 15.8 Å². The summed E-state index contributed by atoms with van der Waals surface area (Å²) in [7, 11) is 1.55. The summed E-state index contributed by atoms with van der Waals surface area (Å²) < 4.78 is 5.30.